The quantitative estimate of drug-likeness (QED) is 0.503. The van der Waals surface area contributed by atoms with Gasteiger partial charge in [-0.05, 0) is 31.2 Å². The van der Waals surface area contributed by atoms with Crippen LogP contribution >= 0.6 is 0 Å². The molecule has 0 unspecified atom stereocenters. The Morgan fingerprint density at radius 2 is 2.00 bits per heavy atom. The molecule has 4 aromatic rings. The molecule has 0 aliphatic rings. The third kappa shape index (κ3) is 3.97. The minimum absolute atomic E-state index is 0.845. The number of aromatic nitrogens is 6. The Labute approximate surface area is 122 Å². The highest BCUT2D eigenvalue weighted by atomic mass is 15.2. The molecule has 0 bridgehead atoms. The maximum Gasteiger partial charge on any atom is 0.155 e. The second-order valence-electron chi connectivity index (χ2n) is 4.00. The molecule has 0 aliphatic heterocycles. The smallest absolute Gasteiger partial charge is 0.155 e. The van der Waals surface area contributed by atoms with Crippen molar-refractivity contribution >= 4 is 16.6 Å². The Morgan fingerprint density at radius 1 is 1.19 bits per heavy atom. The van der Waals surface area contributed by atoms with Crippen LogP contribution < -0.4 is 0 Å². The fourth-order valence-electron chi connectivity index (χ4n) is 1.55. The molecule has 4 heterocycles. The third-order valence-corrected chi connectivity index (χ3v) is 2.42. The first kappa shape index (κ1) is 14.4. The predicted molar refractivity (Wildman–Crippen MR) is 82.7 cm³/mol. The van der Waals surface area contributed by atoms with Gasteiger partial charge in [0.1, 0.15) is 6.33 Å². The van der Waals surface area contributed by atoms with Gasteiger partial charge in [-0.3, -0.25) is 5.10 Å². The number of pyridine rings is 1. The minimum Gasteiger partial charge on any atom is -0.261 e. The molecule has 6 heteroatoms. The maximum absolute atomic E-state index is 4.02. The van der Waals surface area contributed by atoms with Crippen molar-refractivity contribution in [2.75, 3.05) is 0 Å². The lowest BCUT2D eigenvalue weighted by Crippen LogP contribution is -1.85. The van der Waals surface area contributed by atoms with Crippen molar-refractivity contribution in [1.82, 2.24) is 29.8 Å². The molecule has 21 heavy (non-hydrogen) atoms. The molecule has 4 aromatic heterocycles. The molecule has 0 radical (unpaired) electrons. The number of hydrogen-bond acceptors (Lipinski definition) is 4. The van der Waals surface area contributed by atoms with E-state index in [1.807, 2.05) is 31.2 Å². The summed E-state index contributed by atoms with van der Waals surface area (Å²) in [6.07, 6.45) is 10.4. The fraction of sp³-hybridized carbons (Fsp3) is 0.0667. The number of aromatic amines is 1. The van der Waals surface area contributed by atoms with Crippen molar-refractivity contribution in [2.24, 2.45) is 0 Å². The van der Waals surface area contributed by atoms with Gasteiger partial charge in [0.05, 0.1) is 17.9 Å². The molecule has 0 atom stereocenters. The van der Waals surface area contributed by atoms with E-state index < -0.39 is 0 Å². The lowest BCUT2D eigenvalue weighted by molar-refractivity contribution is 0.921. The zero-order valence-electron chi connectivity index (χ0n) is 11.7. The summed E-state index contributed by atoms with van der Waals surface area (Å²) in [4.78, 5) is 7.91. The highest BCUT2D eigenvalue weighted by molar-refractivity contribution is 5.72. The molecule has 4 rings (SSSR count). The highest BCUT2D eigenvalue weighted by Crippen LogP contribution is 2.03. The molecule has 0 aliphatic carbocycles. The molecule has 0 spiro atoms. The van der Waals surface area contributed by atoms with Crippen LogP contribution in [0, 0.1) is 0 Å². The van der Waals surface area contributed by atoms with E-state index in [-0.39, 0.29) is 0 Å². The average Bonchev–Trinajstić information content (AvgIpc) is 3.17. The molecule has 0 saturated heterocycles. The standard InChI is InChI=1S/2C6H5N3.C3H6/c1-3-7-5-9-6(1)2-4-8-9;1-2-5-4-8-9-6(5)7-3-1;1-3-2/h1-5H;1-4H,(H,7,8,9);3H,1H2,2H3. The zero-order valence-corrected chi connectivity index (χ0v) is 11.7. The molecule has 0 fully saturated rings. The Hall–Kier alpha value is -3.02. The predicted octanol–water partition coefficient (Wildman–Crippen LogP) is 2.88. The van der Waals surface area contributed by atoms with Gasteiger partial charge in [-0.1, -0.05) is 6.08 Å². The van der Waals surface area contributed by atoms with Gasteiger partial charge in [0.2, 0.25) is 0 Å². The number of H-pyrrole nitrogens is 1. The molecule has 0 saturated carbocycles. The van der Waals surface area contributed by atoms with E-state index in [0.717, 1.165) is 16.6 Å². The van der Waals surface area contributed by atoms with E-state index in [1.165, 1.54) is 0 Å². The van der Waals surface area contributed by atoms with E-state index in [1.54, 1.807) is 41.7 Å². The van der Waals surface area contributed by atoms with E-state index in [0.29, 0.717) is 0 Å². The largest absolute Gasteiger partial charge is 0.261 e. The van der Waals surface area contributed by atoms with Crippen LogP contribution in [-0.2, 0) is 0 Å². The van der Waals surface area contributed by atoms with Crippen LogP contribution in [0.4, 0.5) is 0 Å². The van der Waals surface area contributed by atoms with Crippen molar-refractivity contribution in [3.63, 3.8) is 0 Å². The van der Waals surface area contributed by atoms with Crippen molar-refractivity contribution in [3.8, 4) is 0 Å². The first-order chi connectivity index (χ1) is 10.3. The van der Waals surface area contributed by atoms with Gasteiger partial charge in [-0.2, -0.15) is 10.2 Å². The lowest BCUT2D eigenvalue weighted by Gasteiger charge is -1.85. The number of hydrogen-bond donors (Lipinski definition) is 1. The van der Waals surface area contributed by atoms with Gasteiger partial charge in [0.25, 0.3) is 0 Å². The van der Waals surface area contributed by atoms with Crippen LogP contribution in [-0.4, -0.2) is 29.8 Å². The lowest BCUT2D eigenvalue weighted by atomic mass is 10.4. The van der Waals surface area contributed by atoms with Crippen LogP contribution in [0.1, 0.15) is 6.92 Å². The summed E-state index contributed by atoms with van der Waals surface area (Å²) in [6.45, 7) is 5.25. The topological polar surface area (TPSA) is 71.8 Å². The Kier molecular flexibility index (Phi) is 5.17. The number of fused-ring (bicyclic) bond motifs is 2. The molecule has 6 nitrogen and oxygen atoms in total. The Balaban J connectivity index is 0.000000130. The summed E-state index contributed by atoms with van der Waals surface area (Å²) in [5.74, 6) is 0. The summed E-state index contributed by atoms with van der Waals surface area (Å²) in [7, 11) is 0. The van der Waals surface area contributed by atoms with Crippen LogP contribution in [0.25, 0.3) is 16.6 Å². The highest BCUT2D eigenvalue weighted by Gasteiger charge is 1.89. The summed E-state index contributed by atoms with van der Waals surface area (Å²) in [6, 6.07) is 7.69. The van der Waals surface area contributed by atoms with Crippen LogP contribution in [0.3, 0.4) is 0 Å². The summed E-state index contributed by atoms with van der Waals surface area (Å²) >= 11 is 0. The number of rotatable bonds is 0. The van der Waals surface area contributed by atoms with Crippen LogP contribution in [0.5, 0.6) is 0 Å². The monoisotopic (exact) mass is 280 g/mol. The first-order valence-corrected chi connectivity index (χ1v) is 6.39. The second-order valence-corrected chi connectivity index (χ2v) is 4.00. The fourth-order valence-corrected chi connectivity index (χ4v) is 1.55. The van der Waals surface area contributed by atoms with Crippen molar-refractivity contribution < 1.29 is 0 Å². The van der Waals surface area contributed by atoms with Crippen molar-refractivity contribution in [1.29, 1.82) is 0 Å². The van der Waals surface area contributed by atoms with Gasteiger partial charge >= 0.3 is 0 Å². The van der Waals surface area contributed by atoms with Gasteiger partial charge in [-0.15, -0.1) is 6.58 Å². The van der Waals surface area contributed by atoms with Gasteiger partial charge in [0, 0.05) is 17.8 Å². The molecular formula is C15H16N6. The summed E-state index contributed by atoms with van der Waals surface area (Å²) < 4.78 is 1.72. The van der Waals surface area contributed by atoms with Crippen LogP contribution in [0.15, 0.2) is 68.0 Å². The van der Waals surface area contributed by atoms with E-state index >= 15 is 0 Å². The van der Waals surface area contributed by atoms with Crippen molar-refractivity contribution in [2.45, 2.75) is 6.92 Å². The molecule has 1 N–H and O–H groups in total. The normalized spacial score (nSPS) is 9.38. The number of nitrogens with zero attached hydrogens (tertiary/aromatic N) is 5. The second kappa shape index (κ2) is 7.54. The van der Waals surface area contributed by atoms with Crippen LogP contribution in [0.2, 0.25) is 0 Å². The first-order valence-electron chi connectivity index (χ1n) is 6.39. The molecule has 106 valence electrons. The maximum atomic E-state index is 4.02. The molecule has 0 amide bonds. The SMILES string of the molecule is C=CC.c1cc2ccnn2cn1.c1cnc2[nH]ncc2c1. The zero-order chi connectivity index (χ0) is 14.9. The van der Waals surface area contributed by atoms with Gasteiger partial charge < -0.3 is 0 Å². The van der Waals surface area contributed by atoms with Crippen molar-refractivity contribution in [3.05, 3.63) is 68.0 Å². The van der Waals surface area contributed by atoms with E-state index in [2.05, 4.69) is 31.8 Å². The van der Waals surface area contributed by atoms with E-state index in [4.69, 9.17) is 0 Å². The van der Waals surface area contributed by atoms with E-state index in [9.17, 15) is 0 Å². The van der Waals surface area contributed by atoms with Gasteiger partial charge in [0.15, 0.2) is 5.65 Å². The minimum atomic E-state index is 0.845. The number of allylic oxidation sites excluding steroid dienone is 1. The van der Waals surface area contributed by atoms with Gasteiger partial charge in [-0.25, -0.2) is 14.5 Å². The number of nitrogens with one attached hydrogen (secondary N) is 1. The Morgan fingerprint density at radius 3 is 2.76 bits per heavy atom. The summed E-state index contributed by atoms with van der Waals surface area (Å²) in [5.41, 5.74) is 1.92. The Bertz CT molecular complexity index is 675. The summed E-state index contributed by atoms with van der Waals surface area (Å²) in [5, 5.41) is 11.6. The molecule has 0 aromatic carbocycles. The average molecular weight is 280 g/mol. The molecular weight excluding hydrogens is 264 g/mol. The third-order valence-electron chi connectivity index (χ3n) is 2.42.